The summed E-state index contributed by atoms with van der Waals surface area (Å²) in [6.07, 6.45) is 1.76. The third-order valence-electron chi connectivity index (χ3n) is 5.10. The van der Waals surface area contributed by atoms with Crippen molar-refractivity contribution in [3.05, 3.63) is 86.7 Å². The zero-order valence-corrected chi connectivity index (χ0v) is 22.1. The van der Waals surface area contributed by atoms with Crippen molar-refractivity contribution >= 4 is 69.2 Å². The van der Waals surface area contributed by atoms with E-state index in [4.69, 9.17) is 49.6 Å². The van der Waals surface area contributed by atoms with Gasteiger partial charge in [0.25, 0.3) is 5.91 Å². The molecule has 1 amide bonds. The number of hydrogen-bond donors (Lipinski definition) is 0. The lowest BCUT2D eigenvalue weighted by atomic mass is 10.1. The molecule has 1 aliphatic rings. The molecule has 3 aromatic rings. The van der Waals surface area contributed by atoms with Gasteiger partial charge in [-0.3, -0.25) is 9.69 Å². The Morgan fingerprint density at radius 1 is 1.06 bits per heavy atom. The first-order valence-corrected chi connectivity index (χ1v) is 12.6. The molecule has 0 aliphatic carbocycles. The number of anilines is 1. The molecule has 1 aliphatic heterocycles. The van der Waals surface area contributed by atoms with E-state index in [0.717, 1.165) is 11.3 Å². The fourth-order valence-electron chi connectivity index (χ4n) is 3.44. The first kappa shape index (κ1) is 25.4. The van der Waals surface area contributed by atoms with Crippen LogP contribution in [0, 0.1) is 0 Å². The summed E-state index contributed by atoms with van der Waals surface area (Å²) in [5.41, 5.74) is 2.13. The van der Waals surface area contributed by atoms with E-state index < -0.39 is 0 Å². The summed E-state index contributed by atoms with van der Waals surface area (Å²) < 4.78 is 17.6. The lowest BCUT2D eigenvalue weighted by Gasteiger charge is -2.15. The van der Waals surface area contributed by atoms with Crippen LogP contribution in [0.3, 0.4) is 0 Å². The summed E-state index contributed by atoms with van der Waals surface area (Å²) >= 11 is 19.0. The van der Waals surface area contributed by atoms with Gasteiger partial charge in [0.15, 0.2) is 15.8 Å². The molecule has 5 nitrogen and oxygen atoms in total. The normalized spacial score (nSPS) is 14.5. The Kier molecular flexibility index (Phi) is 8.23. The molecule has 3 aromatic carbocycles. The first-order chi connectivity index (χ1) is 16.9. The molecule has 180 valence electrons. The molecule has 4 rings (SSSR count). The number of carbonyl (C=O) groups is 1. The van der Waals surface area contributed by atoms with Crippen molar-refractivity contribution < 1.29 is 19.0 Å². The monoisotopic (exact) mass is 545 g/mol. The van der Waals surface area contributed by atoms with Crippen molar-refractivity contribution in [3.63, 3.8) is 0 Å². The summed E-state index contributed by atoms with van der Waals surface area (Å²) in [5.74, 6) is 1.55. The Bertz CT molecular complexity index is 1300. The quantitative estimate of drug-likeness (QED) is 0.217. The van der Waals surface area contributed by atoms with Crippen LogP contribution in [-0.2, 0) is 11.4 Å². The van der Waals surface area contributed by atoms with Gasteiger partial charge in [0.1, 0.15) is 12.4 Å². The first-order valence-electron chi connectivity index (χ1n) is 10.7. The molecule has 1 fully saturated rings. The maximum absolute atomic E-state index is 13.3. The molecule has 0 aromatic heterocycles. The number of rotatable bonds is 8. The zero-order chi connectivity index (χ0) is 24.9. The maximum Gasteiger partial charge on any atom is 0.270 e. The van der Waals surface area contributed by atoms with E-state index in [0.29, 0.717) is 48.6 Å². The number of halogens is 2. The fraction of sp³-hybridized carbons (Fsp3) is 0.154. The number of methoxy groups -OCH3 is 1. The minimum Gasteiger partial charge on any atom is -0.494 e. The Morgan fingerprint density at radius 2 is 1.83 bits per heavy atom. The number of benzene rings is 3. The number of thioether (sulfide) groups is 1. The van der Waals surface area contributed by atoms with Crippen LogP contribution >= 0.6 is 47.2 Å². The van der Waals surface area contributed by atoms with Crippen LogP contribution in [0.25, 0.3) is 6.08 Å². The third-order valence-corrected chi connectivity index (χ3v) is 6.99. The highest BCUT2D eigenvalue weighted by atomic mass is 35.5. The van der Waals surface area contributed by atoms with E-state index in [1.807, 2.05) is 49.4 Å². The molecule has 0 bridgehead atoms. The van der Waals surface area contributed by atoms with Gasteiger partial charge in [-0.25, -0.2) is 0 Å². The van der Waals surface area contributed by atoms with E-state index in [2.05, 4.69) is 0 Å². The smallest absolute Gasteiger partial charge is 0.270 e. The predicted molar refractivity (Wildman–Crippen MR) is 147 cm³/mol. The molecule has 1 saturated heterocycles. The number of thiocarbonyl (C=S) groups is 1. The van der Waals surface area contributed by atoms with Crippen LogP contribution in [-0.4, -0.2) is 23.9 Å². The van der Waals surface area contributed by atoms with Crippen molar-refractivity contribution in [2.24, 2.45) is 0 Å². The Labute approximate surface area is 223 Å². The van der Waals surface area contributed by atoms with Gasteiger partial charge in [0.05, 0.1) is 24.3 Å². The molecule has 0 spiro atoms. The number of ether oxygens (including phenoxy) is 3. The second kappa shape index (κ2) is 11.4. The molecule has 9 heteroatoms. The summed E-state index contributed by atoms with van der Waals surface area (Å²) in [4.78, 5) is 15.3. The average Bonchev–Trinajstić information content (AvgIpc) is 3.12. The fourth-order valence-corrected chi connectivity index (χ4v) is 5.19. The summed E-state index contributed by atoms with van der Waals surface area (Å²) in [6.45, 7) is 2.68. The van der Waals surface area contributed by atoms with Crippen molar-refractivity contribution in [2.45, 2.75) is 13.5 Å². The van der Waals surface area contributed by atoms with Crippen LogP contribution in [0.5, 0.6) is 17.2 Å². The largest absolute Gasteiger partial charge is 0.494 e. The van der Waals surface area contributed by atoms with Crippen molar-refractivity contribution in [1.82, 2.24) is 0 Å². The van der Waals surface area contributed by atoms with Crippen LogP contribution in [0.15, 0.2) is 65.6 Å². The molecule has 0 atom stereocenters. The average molecular weight is 546 g/mol. The molecule has 0 N–H and O–H groups in total. The van der Waals surface area contributed by atoms with Crippen molar-refractivity contribution in [1.29, 1.82) is 0 Å². The summed E-state index contributed by atoms with van der Waals surface area (Å²) in [6, 6.07) is 18.0. The molecular weight excluding hydrogens is 525 g/mol. The molecule has 0 saturated carbocycles. The lowest BCUT2D eigenvalue weighted by Crippen LogP contribution is -2.27. The van der Waals surface area contributed by atoms with Crippen LogP contribution < -0.4 is 19.1 Å². The van der Waals surface area contributed by atoms with E-state index in [-0.39, 0.29) is 12.5 Å². The number of para-hydroxylation sites is 1. The van der Waals surface area contributed by atoms with Gasteiger partial charge in [-0.15, -0.1) is 0 Å². The Balaban J connectivity index is 1.61. The van der Waals surface area contributed by atoms with E-state index in [1.165, 1.54) is 16.7 Å². The molecule has 0 radical (unpaired) electrons. The maximum atomic E-state index is 13.3. The second-order valence-electron chi connectivity index (χ2n) is 7.35. The SMILES string of the molecule is CCOc1ccc(N2C(=O)/C(=C\c3cccc(OC)c3OCc3ccc(Cl)cc3Cl)SC2=S)cc1. The minimum absolute atomic E-state index is 0.199. The highest BCUT2D eigenvalue weighted by Crippen LogP contribution is 2.40. The summed E-state index contributed by atoms with van der Waals surface area (Å²) in [7, 11) is 1.56. The highest BCUT2D eigenvalue weighted by Gasteiger charge is 2.33. The van der Waals surface area contributed by atoms with E-state index in [9.17, 15) is 4.79 Å². The Morgan fingerprint density at radius 3 is 2.51 bits per heavy atom. The van der Waals surface area contributed by atoms with E-state index >= 15 is 0 Å². The molecular formula is C26H21Cl2NO4S2. The van der Waals surface area contributed by atoms with Crippen LogP contribution in [0.1, 0.15) is 18.1 Å². The molecule has 0 unspecified atom stereocenters. The lowest BCUT2D eigenvalue weighted by molar-refractivity contribution is -0.113. The van der Waals surface area contributed by atoms with Gasteiger partial charge in [-0.05, 0) is 55.5 Å². The zero-order valence-electron chi connectivity index (χ0n) is 18.9. The number of amides is 1. The number of hydrogen-bond acceptors (Lipinski definition) is 6. The van der Waals surface area contributed by atoms with Crippen molar-refractivity contribution in [2.75, 3.05) is 18.6 Å². The van der Waals surface area contributed by atoms with Crippen molar-refractivity contribution in [3.8, 4) is 17.2 Å². The van der Waals surface area contributed by atoms with Crippen LogP contribution in [0.4, 0.5) is 5.69 Å². The second-order valence-corrected chi connectivity index (χ2v) is 9.87. The van der Waals surface area contributed by atoms with Gasteiger partial charge in [0, 0.05) is 21.2 Å². The molecule has 35 heavy (non-hydrogen) atoms. The van der Waals surface area contributed by atoms with Gasteiger partial charge < -0.3 is 14.2 Å². The topological polar surface area (TPSA) is 48.0 Å². The van der Waals surface area contributed by atoms with E-state index in [1.54, 1.807) is 31.4 Å². The van der Waals surface area contributed by atoms with Gasteiger partial charge in [0.2, 0.25) is 0 Å². The minimum atomic E-state index is -0.210. The summed E-state index contributed by atoms with van der Waals surface area (Å²) in [5, 5.41) is 1.05. The predicted octanol–water partition coefficient (Wildman–Crippen LogP) is 7.39. The molecule has 1 heterocycles. The number of nitrogens with zero attached hydrogens (tertiary/aromatic N) is 1. The Hall–Kier alpha value is -2.71. The van der Waals surface area contributed by atoms with Gasteiger partial charge in [-0.1, -0.05) is 65.4 Å². The number of carbonyl (C=O) groups excluding carboxylic acids is 1. The van der Waals surface area contributed by atoms with Gasteiger partial charge in [-0.2, -0.15) is 0 Å². The van der Waals surface area contributed by atoms with Gasteiger partial charge >= 0.3 is 0 Å². The van der Waals surface area contributed by atoms with Crippen LogP contribution in [0.2, 0.25) is 10.0 Å². The third kappa shape index (κ3) is 5.76. The standard InChI is InChI=1S/C26H21Cl2NO4S2/c1-3-32-20-11-9-19(10-12-20)29-25(30)23(35-26(29)34)13-16-5-4-6-22(31-2)24(16)33-15-17-7-8-18(27)14-21(17)28/h4-14H,3,15H2,1-2H3/b23-13+. The highest BCUT2D eigenvalue weighted by molar-refractivity contribution is 8.27.